The molecule has 1 aliphatic rings. The molecule has 0 amide bonds. The minimum Gasteiger partial charge on any atom is -0.497 e. The van der Waals surface area contributed by atoms with Gasteiger partial charge in [-0.05, 0) is 30.5 Å². The minimum absolute atomic E-state index is 0.453. The predicted molar refractivity (Wildman–Crippen MR) is 68.9 cm³/mol. The minimum atomic E-state index is -0.863. The highest BCUT2D eigenvalue weighted by Crippen LogP contribution is 2.50. The van der Waals surface area contributed by atoms with E-state index in [1.807, 2.05) is 0 Å². The second-order valence-corrected chi connectivity index (χ2v) is 5.09. The lowest BCUT2D eigenvalue weighted by atomic mass is 9.62. The number of hydrogen-bond acceptors (Lipinski definition) is 3. The average molecular weight is 270 g/mol. The van der Waals surface area contributed by atoms with Crippen molar-refractivity contribution < 1.29 is 14.6 Å². The number of benzene rings is 1. The van der Waals surface area contributed by atoms with Crippen LogP contribution in [0.25, 0.3) is 0 Å². The van der Waals surface area contributed by atoms with E-state index >= 15 is 0 Å². The number of aliphatic carboxylic acids is 1. The lowest BCUT2D eigenvalue weighted by Gasteiger charge is -2.42. The van der Waals surface area contributed by atoms with Crippen molar-refractivity contribution in [1.29, 1.82) is 0 Å². The number of nitrogens with two attached hydrogens (primary N) is 1. The van der Waals surface area contributed by atoms with Gasteiger partial charge in [-0.3, -0.25) is 4.79 Å². The molecule has 0 aliphatic heterocycles. The SMILES string of the molecule is COc1ccc(C(N)C2(C(=O)O)CCC2)c(Cl)c1. The molecule has 0 bridgehead atoms. The normalized spacial score (nSPS) is 18.8. The third-order valence-electron chi connectivity index (χ3n) is 3.81. The van der Waals surface area contributed by atoms with Gasteiger partial charge in [-0.25, -0.2) is 0 Å². The maximum Gasteiger partial charge on any atom is 0.311 e. The maximum absolute atomic E-state index is 11.4. The highest BCUT2D eigenvalue weighted by atomic mass is 35.5. The largest absolute Gasteiger partial charge is 0.497 e. The van der Waals surface area contributed by atoms with E-state index in [-0.39, 0.29) is 0 Å². The number of halogens is 1. The molecule has 1 fully saturated rings. The van der Waals surface area contributed by atoms with Crippen LogP contribution in [0.2, 0.25) is 5.02 Å². The molecule has 0 saturated heterocycles. The van der Waals surface area contributed by atoms with E-state index in [0.29, 0.717) is 29.2 Å². The predicted octanol–water partition coefficient (Wildman–Crippen LogP) is 2.60. The Labute approximate surface area is 111 Å². The summed E-state index contributed by atoms with van der Waals surface area (Å²) in [5, 5.41) is 9.81. The summed E-state index contributed by atoms with van der Waals surface area (Å²) in [5.74, 6) is -0.206. The Hall–Kier alpha value is -1.26. The molecule has 18 heavy (non-hydrogen) atoms. The molecule has 2 rings (SSSR count). The Morgan fingerprint density at radius 3 is 2.61 bits per heavy atom. The molecular formula is C13H16ClNO3. The van der Waals surface area contributed by atoms with Gasteiger partial charge in [0.25, 0.3) is 0 Å². The fourth-order valence-electron chi connectivity index (χ4n) is 2.40. The van der Waals surface area contributed by atoms with E-state index in [1.165, 1.54) is 0 Å². The van der Waals surface area contributed by atoms with Crippen molar-refractivity contribution in [3.8, 4) is 5.75 Å². The van der Waals surface area contributed by atoms with Gasteiger partial charge in [-0.2, -0.15) is 0 Å². The van der Waals surface area contributed by atoms with E-state index in [2.05, 4.69) is 0 Å². The zero-order valence-electron chi connectivity index (χ0n) is 10.1. The fourth-order valence-corrected chi connectivity index (χ4v) is 2.69. The summed E-state index contributed by atoms with van der Waals surface area (Å²) in [7, 11) is 1.55. The van der Waals surface area contributed by atoms with Crippen LogP contribution < -0.4 is 10.5 Å². The number of hydrogen-bond donors (Lipinski definition) is 2. The van der Waals surface area contributed by atoms with Gasteiger partial charge in [0.2, 0.25) is 0 Å². The first-order valence-corrected chi connectivity index (χ1v) is 6.21. The van der Waals surface area contributed by atoms with Crippen LogP contribution in [0.5, 0.6) is 5.75 Å². The Morgan fingerprint density at radius 1 is 1.56 bits per heavy atom. The summed E-state index contributed by atoms with van der Waals surface area (Å²) in [6.07, 6.45) is 2.10. The molecular weight excluding hydrogens is 254 g/mol. The van der Waals surface area contributed by atoms with Gasteiger partial charge in [-0.15, -0.1) is 0 Å². The Balaban J connectivity index is 2.33. The van der Waals surface area contributed by atoms with E-state index in [4.69, 9.17) is 22.1 Å². The Bertz CT molecular complexity index is 471. The standard InChI is InChI=1S/C13H16ClNO3/c1-18-8-3-4-9(10(14)7-8)11(15)13(12(16)17)5-2-6-13/h3-4,7,11H,2,5-6,15H2,1H3,(H,16,17). The van der Waals surface area contributed by atoms with Gasteiger partial charge in [0.1, 0.15) is 5.75 Å². The van der Waals surface area contributed by atoms with Gasteiger partial charge in [0, 0.05) is 11.1 Å². The smallest absolute Gasteiger partial charge is 0.311 e. The van der Waals surface area contributed by atoms with Crippen molar-refractivity contribution in [2.75, 3.05) is 7.11 Å². The molecule has 0 spiro atoms. The van der Waals surface area contributed by atoms with Crippen LogP contribution in [0, 0.1) is 5.41 Å². The van der Waals surface area contributed by atoms with Crippen LogP contribution in [-0.4, -0.2) is 18.2 Å². The van der Waals surface area contributed by atoms with Gasteiger partial charge >= 0.3 is 5.97 Å². The number of carbonyl (C=O) groups is 1. The quantitative estimate of drug-likeness (QED) is 0.881. The van der Waals surface area contributed by atoms with E-state index < -0.39 is 17.4 Å². The summed E-state index contributed by atoms with van der Waals surface area (Å²) in [4.78, 5) is 11.4. The lowest BCUT2D eigenvalue weighted by molar-refractivity contribution is -0.156. The number of carboxylic acid groups (broad SMARTS) is 1. The molecule has 1 aromatic rings. The van der Waals surface area contributed by atoms with Crippen LogP contribution >= 0.6 is 11.6 Å². The molecule has 4 nitrogen and oxygen atoms in total. The van der Waals surface area contributed by atoms with Crippen molar-refractivity contribution in [1.82, 2.24) is 0 Å². The third kappa shape index (κ3) is 1.95. The van der Waals surface area contributed by atoms with Crippen LogP contribution in [0.1, 0.15) is 30.9 Å². The van der Waals surface area contributed by atoms with Gasteiger partial charge in [-0.1, -0.05) is 24.1 Å². The zero-order chi connectivity index (χ0) is 13.3. The van der Waals surface area contributed by atoms with Crippen molar-refractivity contribution in [3.63, 3.8) is 0 Å². The second-order valence-electron chi connectivity index (χ2n) is 4.68. The third-order valence-corrected chi connectivity index (χ3v) is 4.14. The lowest BCUT2D eigenvalue weighted by Crippen LogP contribution is -2.46. The molecule has 1 aromatic carbocycles. The van der Waals surface area contributed by atoms with Gasteiger partial charge in [0.05, 0.1) is 12.5 Å². The second kappa shape index (κ2) is 4.78. The first-order chi connectivity index (χ1) is 8.51. The molecule has 1 unspecified atom stereocenters. The summed E-state index contributed by atoms with van der Waals surface area (Å²) >= 11 is 6.14. The Morgan fingerprint density at radius 2 is 2.22 bits per heavy atom. The van der Waals surface area contributed by atoms with Crippen LogP contribution in [0.15, 0.2) is 18.2 Å². The molecule has 98 valence electrons. The number of ether oxygens (including phenoxy) is 1. The van der Waals surface area contributed by atoms with Gasteiger partial charge < -0.3 is 15.6 Å². The maximum atomic E-state index is 11.4. The topological polar surface area (TPSA) is 72.5 Å². The van der Waals surface area contributed by atoms with Crippen molar-refractivity contribution >= 4 is 17.6 Å². The molecule has 0 heterocycles. The molecule has 0 aromatic heterocycles. The molecule has 1 saturated carbocycles. The van der Waals surface area contributed by atoms with E-state index in [9.17, 15) is 9.90 Å². The number of methoxy groups -OCH3 is 1. The molecule has 5 heteroatoms. The molecule has 3 N–H and O–H groups in total. The summed E-state index contributed by atoms with van der Waals surface area (Å²) in [6, 6.07) is 4.57. The van der Waals surface area contributed by atoms with Crippen LogP contribution in [-0.2, 0) is 4.79 Å². The number of rotatable bonds is 4. The fraction of sp³-hybridized carbons (Fsp3) is 0.462. The first-order valence-electron chi connectivity index (χ1n) is 5.83. The Kier molecular flexibility index (Phi) is 3.50. The molecule has 0 radical (unpaired) electrons. The highest BCUT2D eigenvalue weighted by Gasteiger charge is 2.50. The first kappa shape index (κ1) is 13.2. The summed E-state index contributed by atoms with van der Waals surface area (Å²) < 4.78 is 5.06. The number of carboxylic acids is 1. The molecule has 1 aliphatic carbocycles. The average Bonchev–Trinajstić information content (AvgIpc) is 2.26. The van der Waals surface area contributed by atoms with E-state index in [1.54, 1.807) is 25.3 Å². The summed E-state index contributed by atoms with van der Waals surface area (Å²) in [5.41, 5.74) is 5.93. The monoisotopic (exact) mass is 269 g/mol. The highest BCUT2D eigenvalue weighted by molar-refractivity contribution is 6.31. The van der Waals surface area contributed by atoms with E-state index in [0.717, 1.165) is 6.42 Å². The van der Waals surface area contributed by atoms with Crippen LogP contribution in [0.3, 0.4) is 0 Å². The van der Waals surface area contributed by atoms with Crippen molar-refractivity contribution in [3.05, 3.63) is 28.8 Å². The van der Waals surface area contributed by atoms with Crippen molar-refractivity contribution in [2.45, 2.75) is 25.3 Å². The molecule has 1 atom stereocenters. The van der Waals surface area contributed by atoms with Gasteiger partial charge in [0.15, 0.2) is 0 Å². The van der Waals surface area contributed by atoms with Crippen LogP contribution in [0.4, 0.5) is 0 Å². The van der Waals surface area contributed by atoms with Crippen molar-refractivity contribution in [2.24, 2.45) is 11.1 Å². The zero-order valence-corrected chi connectivity index (χ0v) is 10.9. The summed E-state index contributed by atoms with van der Waals surface area (Å²) in [6.45, 7) is 0.